The highest BCUT2D eigenvalue weighted by Crippen LogP contribution is 2.33. The number of carbonyl (C=O) groups is 1. The Kier molecular flexibility index (Phi) is 5.19. The Balaban J connectivity index is 1.62. The van der Waals surface area contributed by atoms with Crippen LogP contribution in [0.25, 0.3) is 0 Å². The molecule has 0 amide bonds. The van der Waals surface area contributed by atoms with Gasteiger partial charge in [-0.1, -0.05) is 11.8 Å². The third kappa shape index (κ3) is 4.77. The number of nitrogens with zero attached hydrogens (tertiary/aromatic N) is 1. The highest BCUT2D eigenvalue weighted by molar-refractivity contribution is 7.15. The highest BCUT2D eigenvalue weighted by atomic mass is 32.1. The Morgan fingerprint density at radius 1 is 1.42 bits per heavy atom. The van der Waals surface area contributed by atoms with Crippen molar-refractivity contribution in [1.29, 1.82) is 0 Å². The van der Waals surface area contributed by atoms with E-state index in [0.29, 0.717) is 10.6 Å². The number of aromatic carboxylic acids is 1. The number of carboxylic acids is 1. The lowest BCUT2D eigenvalue weighted by molar-refractivity contribution is 0.0703. The molecule has 0 atom stereocenters. The molecular weight excluding hydrogens is 348 g/mol. The molecule has 5 nitrogen and oxygen atoms in total. The Hall–Kier alpha value is -2.52. The average Bonchev–Trinajstić information content (AvgIpc) is 2.95. The van der Waals surface area contributed by atoms with Gasteiger partial charge >= 0.3 is 5.97 Å². The van der Waals surface area contributed by atoms with Crippen LogP contribution in [0.5, 0.6) is 5.75 Å². The molecule has 1 aliphatic carbocycles. The Bertz CT molecular complexity index is 837. The van der Waals surface area contributed by atoms with Gasteiger partial charge in [-0.25, -0.2) is 4.79 Å². The van der Waals surface area contributed by atoms with Crippen LogP contribution in [-0.2, 0) is 0 Å². The first-order valence-electron chi connectivity index (χ1n) is 8.54. The summed E-state index contributed by atoms with van der Waals surface area (Å²) in [5, 5.41) is 12.8. The van der Waals surface area contributed by atoms with Crippen molar-refractivity contribution in [3.63, 3.8) is 0 Å². The van der Waals surface area contributed by atoms with E-state index in [2.05, 4.69) is 22.1 Å². The first-order chi connectivity index (χ1) is 12.3. The average molecular weight is 370 g/mol. The first kappa shape index (κ1) is 18.3. The number of ether oxygens (including phenoxy) is 1. The van der Waals surface area contributed by atoms with Crippen molar-refractivity contribution in [1.82, 2.24) is 4.98 Å². The maximum absolute atomic E-state index is 11.5. The summed E-state index contributed by atoms with van der Waals surface area (Å²) in [6.07, 6.45) is 5.19. The van der Waals surface area contributed by atoms with E-state index in [9.17, 15) is 9.90 Å². The molecule has 2 heterocycles. The van der Waals surface area contributed by atoms with Crippen LogP contribution < -0.4 is 10.1 Å². The van der Waals surface area contributed by atoms with Gasteiger partial charge in [-0.3, -0.25) is 4.98 Å². The number of thiophene rings is 1. The van der Waals surface area contributed by atoms with Crippen molar-refractivity contribution >= 4 is 23.0 Å². The van der Waals surface area contributed by atoms with Crippen molar-refractivity contribution < 1.29 is 14.6 Å². The number of anilines is 1. The summed E-state index contributed by atoms with van der Waals surface area (Å²) >= 11 is 1.21. The summed E-state index contributed by atoms with van der Waals surface area (Å²) in [6, 6.07) is 5.76. The fourth-order valence-electron chi connectivity index (χ4n) is 2.58. The van der Waals surface area contributed by atoms with Gasteiger partial charge in [-0.15, -0.1) is 11.3 Å². The van der Waals surface area contributed by atoms with Crippen molar-refractivity contribution in [2.45, 2.75) is 45.8 Å². The molecule has 6 heteroatoms. The summed E-state index contributed by atoms with van der Waals surface area (Å²) < 4.78 is 5.84. The molecule has 0 spiro atoms. The van der Waals surface area contributed by atoms with Crippen molar-refractivity contribution in [3.05, 3.63) is 40.3 Å². The zero-order chi connectivity index (χ0) is 18.7. The second-order valence-corrected chi connectivity index (χ2v) is 8.45. The van der Waals surface area contributed by atoms with Gasteiger partial charge in [0, 0.05) is 30.5 Å². The van der Waals surface area contributed by atoms with Gasteiger partial charge in [0.2, 0.25) is 0 Å². The molecule has 2 aromatic rings. The first-order valence-corrected chi connectivity index (χ1v) is 9.35. The molecule has 26 heavy (non-hydrogen) atoms. The van der Waals surface area contributed by atoms with E-state index in [1.165, 1.54) is 11.3 Å². The van der Waals surface area contributed by atoms with Crippen LogP contribution in [0, 0.1) is 17.3 Å². The molecule has 0 unspecified atom stereocenters. The lowest BCUT2D eigenvalue weighted by atomic mass is 9.89. The van der Waals surface area contributed by atoms with E-state index in [0.717, 1.165) is 23.5 Å². The minimum absolute atomic E-state index is 0.119. The highest BCUT2D eigenvalue weighted by Gasteiger charge is 2.32. The van der Waals surface area contributed by atoms with Crippen LogP contribution >= 0.6 is 11.3 Å². The Labute approximate surface area is 157 Å². The molecule has 1 aliphatic rings. The van der Waals surface area contributed by atoms with Gasteiger partial charge in [0.1, 0.15) is 16.7 Å². The second kappa shape index (κ2) is 7.38. The largest absolute Gasteiger partial charge is 0.489 e. The van der Waals surface area contributed by atoms with Crippen LogP contribution in [0.3, 0.4) is 0 Å². The van der Waals surface area contributed by atoms with Crippen LogP contribution in [0.4, 0.5) is 5.69 Å². The normalized spacial score (nSPS) is 19.0. The third-order valence-corrected chi connectivity index (χ3v) is 4.92. The number of nitrogens with one attached hydrogen (secondary N) is 1. The minimum Gasteiger partial charge on any atom is -0.489 e. The molecular formula is C20H22N2O3S. The quantitative estimate of drug-likeness (QED) is 0.770. The lowest BCUT2D eigenvalue weighted by Crippen LogP contribution is -2.42. The number of carboxylic acid groups (broad SMARTS) is 1. The van der Waals surface area contributed by atoms with Gasteiger partial charge in [0.15, 0.2) is 0 Å². The zero-order valence-electron chi connectivity index (χ0n) is 15.1. The Morgan fingerprint density at radius 2 is 2.19 bits per heavy atom. The van der Waals surface area contributed by atoms with Crippen LogP contribution in [0.15, 0.2) is 30.6 Å². The molecule has 2 aromatic heterocycles. The number of aromatic nitrogens is 1. The second-order valence-electron chi connectivity index (χ2n) is 7.40. The summed E-state index contributed by atoms with van der Waals surface area (Å²) in [5.41, 5.74) is 0.525. The molecule has 136 valence electrons. The van der Waals surface area contributed by atoms with Gasteiger partial charge in [-0.2, -0.15) is 0 Å². The van der Waals surface area contributed by atoms with E-state index in [1.807, 2.05) is 39.0 Å². The smallest absolute Gasteiger partial charge is 0.348 e. The van der Waals surface area contributed by atoms with Crippen LogP contribution in [0.1, 0.15) is 48.2 Å². The molecule has 0 radical (unpaired) electrons. The molecule has 0 bridgehead atoms. The van der Waals surface area contributed by atoms with E-state index in [4.69, 9.17) is 4.74 Å². The number of rotatable bonds is 5. The topological polar surface area (TPSA) is 71.5 Å². The summed E-state index contributed by atoms with van der Waals surface area (Å²) in [6.45, 7) is 6.09. The number of hydrogen-bond donors (Lipinski definition) is 2. The predicted molar refractivity (Wildman–Crippen MR) is 103 cm³/mol. The molecule has 3 rings (SSSR count). The van der Waals surface area contributed by atoms with Crippen LogP contribution in [-0.4, -0.2) is 28.2 Å². The summed E-state index contributed by atoms with van der Waals surface area (Å²) in [4.78, 5) is 16.6. The SMILES string of the molecule is CC(C)(C)C#Cc1cc(N[C@H]2C[C@H](Oc3cccnc3)C2)c(C(=O)O)s1. The van der Waals surface area contributed by atoms with E-state index < -0.39 is 5.97 Å². The fourth-order valence-corrected chi connectivity index (χ4v) is 3.39. The Morgan fingerprint density at radius 3 is 2.81 bits per heavy atom. The predicted octanol–water partition coefficient (Wildman–Crippen LogP) is 4.26. The third-order valence-electron chi connectivity index (χ3n) is 3.88. The van der Waals surface area contributed by atoms with Crippen LogP contribution in [0.2, 0.25) is 0 Å². The summed E-state index contributed by atoms with van der Waals surface area (Å²) in [7, 11) is 0. The molecule has 1 saturated carbocycles. The minimum atomic E-state index is -0.927. The maximum atomic E-state index is 11.5. The van der Waals surface area contributed by atoms with Gasteiger partial charge in [-0.05, 0) is 39.0 Å². The zero-order valence-corrected chi connectivity index (χ0v) is 15.9. The van der Waals surface area contributed by atoms with Gasteiger partial charge < -0.3 is 15.2 Å². The number of pyridine rings is 1. The fraction of sp³-hybridized carbons (Fsp3) is 0.400. The monoisotopic (exact) mass is 370 g/mol. The molecule has 0 aromatic carbocycles. The molecule has 0 saturated heterocycles. The maximum Gasteiger partial charge on any atom is 0.348 e. The lowest BCUT2D eigenvalue weighted by Gasteiger charge is -2.36. The van der Waals surface area contributed by atoms with Gasteiger partial charge in [0.25, 0.3) is 0 Å². The molecule has 0 aliphatic heterocycles. The van der Waals surface area contributed by atoms with Crippen molar-refractivity contribution in [3.8, 4) is 17.6 Å². The molecule has 2 N–H and O–H groups in total. The van der Waals surface area contributed by atoms with Crippen molar-refractivity contribution in [2.24, 2.45) is 5.41 Å². The summed E-state index contributed by atoms with van der Waals surface area (Å²) in [5.74, 6) is 6.07. The van der Waals surface area contributed by atoms with E-state index in [-0.39, 0.29) is 17.6 Å². The standard InChI is InChI=1S/C20H22N2O3S/c1-20(2,3)7-6-16-11-17(18(26-16)19(23)24)22-13-9-15(10-13)25-14-5-4-8-21-12-14/h4-5,8,11-13,15,22H,9-10H2,1-3H3,(H,23,24)/t13-,15-. The van der Waals surface area contributed by atoms with Crippen molar-refractivity contribution in [2.75, 3.05) is 5.32 Å². The van der Waals surface area contributed by atoms with E-state index >= 15 is 0 Å². The van der Waals surface area contributed by atoms with Gasteiger partial charge in [0.05, 0.1) is 16.8 Å². The van der Waals surface area contributed by atoms with E-state index in [1.54, 1.807) is 12.4 Å². The molecule has 1 fully saturated rings. The number of hydrogen-bond acceptors (Lipinski definition) is 5.